The zero-order valence-electron chi connectivity index (χ0n) is 28.0. The SMILES string of the molecule is CCC[C@H](NC(=O)[C@@H]1C[C@@]2(CN(c3cccc(Cl)c3)C(=O)O2)CN1C(=O)[C@@H](NC(=O)OC1CCCC1)C(C)(C)C)C(=O)C(=O)NC1CC1. The van der Waals surface area contributed by atoms with Crippen molar-refractivity contribution in [2.75, 3.05) is 18.0 Å². The molecule has 0 unspecified atom stereocenters. The molecule has 13 nitrogen and oxygen atoms in total. The largest absolute Gasteiger partial charge is 0.446 e. The second-order valence-corrected chi connectivity index (χ2v) is 15.0. The van der Waals surface area contributed by atoms with Crippen molar-refractivity contribution in [3.8, 4) is 0 Å². The minimum absolute atomic E-state index is 0.0260. The van der Waals surface area contributed by atoms with Crippen LogP contribution in [0.15, 0.2) is 24.3 Å². The van der Waals surface area contributed by atoms with Crippen LogP contribution in [0.2, 0.25) is 5.02 Å². The highest BCUT2D eigenvalue weighted by Crippen LogP contribution is 2.40. The van der Waals surface area contributed by atoms with E-state index in [0.29, 0.717) is 17.1 Å². The highest BCUT2D eigenvalue weighted by molar-refractivity contribution is 6.38. The molecule has 4 fully saturated rings. The van der Waals surface area contributed by atoms with Gasteiger partial charge in [0.1, 0.15) is 18.2 Å². The molecule has 2 aliphatic carbocycles. The number of hydrogen-bond acceptors (Lipinski definition) is 8. The number of Topliss-reactive ketones (excluding diaryl/α,β-unsaturated/α-hetero) is 1. The fraction of sp³-hybridized carbons (Fsp3) is 0.647. The van der Waals surface area contributed by atoms with E-state index in [9.17, 15) is 28.8 Å². The van der Waals surface area contributed by atoms with Crippen LogP contribution in [0.3, 0.4) is 0 Å². The minimum atomic E-state index is -1.28. The molecule has 14 heteroatoms. The predicted octanol–water partition coefficient (Wildman–Crippen LogP) is 3.85. The first-order valence-corrected chi connectivity index (χ1v) is 17.3. The Bertz CT molecular complexity index is 1440. The summed E-state index contributed by atoms with van der Waals surface area (Å²) < 4.78 is 11.5. The molecule has 5 amide bonds. The Labute approximate surface area is 285 Å². The van der Waals surface area contributed by atoms with E-state index in [2.05, 4.69) is 16.0 Å². The number of halogens is 1. The van der Waals surface area contributed by atoms with Crippen LogP contribution in [0.5, 0.6) is 0 Å². The second kappa shape index (κ2) is 14.3. The van der Waals surface area contributed by atoms with Crippen molar-refractivity contribution >= 4 is 53.0 Å². The van der Waals surface area contributed by atoms with Crippen LogP contribution >= 0.6 is 11.6 Å². The number of likely N-dealkylation sites (tertiary alicyclic amines) is 1. The molecule has 1 spiro atoms. The van der Waals surface area contributed by atoms with Gasteiger partial charge >= 0.3 is 12.2 Å². The third kappa shape index (κ3) is 8.22. The van der Waals surface area contributed by atoms with Crippen molar-refractivity contribution in [1.82, 2.24) is 20.9 Å². The summed E-state index contributed by atoms with van der Waals surface area (Å²) in [5.41, 5.74) is -1.59. The monoisotopic (exact) mass is 687 g/mol. The Morgan fingerprint density at radius 3 is 2.40 bits per heavy atom. The summed E-state index contributed by atoms with van der Waals surface area (Å²) in [5.74, 6) is -2.74. The van der Waals surface area contributed by atoms with Gasteiger partial charge in [-0.3, -0.25) is 24.1 Å². The molecule has 1 aromatic rings. The lowest BCUT2D eigenvalue weighted by atomic mass is 9.85. The molecule has 0 radical (unpaired) electrons. The average molecular weight is 688 g/mol. The lowest BCUT2D eigenvalue weighted by Gasteiger charge is -2.35. The van der Waals surface area contributed by atoms with Crippen molar-refractivity contribution in [2.45, 2.75) is 121 Å². The minimum Gasteiger partial charge on any atom is -0.446 e. The van der Waals surface area contributed by atoms with Gasteiger partial charge in [-0.05, 0) is 68.6 Å². The lowest BCUT2D eigenvalue weighted by molar-refractivity contribution is -0.144. The maximum atomic E-state index is 14.5. The summed E-state index contributed by atoms with van der Waals surface area (Å²) in [5, 5.41) is 8.57. The molecule has 1 aromatic carbocycles. The number of anilines is 1. The fourth-order valence-electron chi connectivity index (χ4n) is 6.66. The van der Waals surface area contributed by atoms with Gasteiger partial charge in [-0.15, -0.1) is 0 Å². The first kappa shape index (κ1) is 35.4. The van der Waals surface area contributed by atoms with Crippen molar-refractivity contribution in [1.29, 1.82) is 0 Å². The van der Waals surface area contributed by atoms with Gasteiger partial charge in [0.15, 0.2) is 5.60 Å². The van der Waals surface area contributed by atoms with E-state index in [1.54, 1.807) is 45.0 Å². The summed E-state index contributed by atoms with van der Waals surface area (Å²) in [6, 6.07) is 3.27. The zero-order chi connectivity index (χ0) is 34.8. The fourth-order valence-corrected chi connectivity index (χ4v) is 6.84. The number of ether oxygens (including phenoxy) is 2. The van der Waals surface area contributed by atoms with E-state index in [1.807, 2.05) is 6.92 Å². The Morgan fingerprint density at radius 1 is 1.06 bits per heavy atom. The van der Waals surface area contributed by atoms with Gasteiger partial charge in [0, 0.05) is 23.2 Å². The summed E-state index contributed by atoms with van der Waals surface area (Å²) in [4.78, 5) is 83.2. The number of alkyl carbamates (subject to hydrolysis) is 1. The van der Waals surface area contributed by atoms with Crippen molar-refractivity contribution in [3.05, 3.63) is 29.3 Å². The van der Waals surface area contributed by atoms with E-state index in [-0.39, 0.29) is 38.1 Å². The molecule has 2 saturated carbocycles. The quantitative estimate of drug-likeness (QED) is 0.296. The highest BCUT2D eigenvalue weighted by Gasteiger charge is 2.58. The first-order valence-electron chi connectivity index (χ1n) is 16.9. The standard InChI is InChI=1S/C34H46ClN5O8/c1-5-9-24(26(41)29(43)36-21-14-15-21)37-28(42)25-17-34(18-39(32(46)48-34)22-11-8-10-20(35)16-22)19-40(25)30(44)27(33(2,3)4)38-31(45)47-23-12-6-7-13-23/h8,10-11,16,21,23-25,27H,5-7,9,12-15,17-19H2,1-4H3,(H,36,43)(H,37,42)(H,38,45)/t24-,25-,27+,34+/m0/s1. The van der Waals surface area contributed by atoms with Crippen LogP contribution in [-0.4, -0.2) is 89.6 Å². The third-order valence-electron chi connectivity index (χ3n) is 9.37. The van der Waals surface area contributed by atoms with Crippen LogP contribution in [0.1, 0.15) is 85.5 Å². The van der Waals surface area contributed by atoms with Gasteiger partial charge in [0.05, 0.1) is 19.1 Å². The van der Waals surface area contributed by atoms with E-state index in [4.69, 9.17) is 21.1 Å². The molecule has 0 bridgehead atoms. The zero-order valence-corrected chi connectivity index (χ0v) is 28.8. The maximum absolute atomic E-state index is 14.5. The van der Waals surface area contributed by atoms with Gasteiger partial charge in [0.25, 0.3) is 5.91 Å². The van der Waals surface area contributed by atoms with E-state index >= 15 is 0 Å². The number of nitrogens with zero attached hydrogens (tertiary/aromatic N) is 2. The maximum Gasteiger partial charge on any atom is 0.415 e. The van der Waals surface area contributed by atoms with Crippen LogP contribution in [0.4, 0.5) is 15.3 Å². The normalized spacial score (nSPS) is 23.9. The second-order valence-electron chi connectivity index (χ2n) is 14.5. The lowest BCUT2D eigenvalue weighted by Crippen LogP contribution is -2.59. The first-order chi connectivity index (χ1) is 22.7. The number of benzene rings is 1. The number of nitrogens with one attached hydrogen (secondary N) is 3. The smallest absolute Gasteiger partial charge is 0.415 e. The molecule has 2 saturated heterocycles. The summed E-state index contributed by atoms with van der Waals surface area (Å²) in [7, 11) is 0. The van der Waals surface area contributed by atoms with E-state index < -0.39 is 64.8 Å². The van der Waals surface area contributed by atoms with E-state index in [0.717, 1.165) is 38.5 Å². The molecule has 5 rings (SSSR count). The van der Waals surface area contributed by atoms with Crippen LogP contribution < -0.4 is 20.9 Å². The summed E-state index contributed by atoms with van der Waals surface area (Å²) >= 11 is 6.19. The van der Waals surface area contributed by atoms with Crippen LogP contribution in [0, 0.1) is 5.41 Å². The molecular weight excluding hydrogens is 642 g/mol. The van der Waals surface area contributed by atoms with Crippen LogP contribution in [-0.2, 0) is 28.7 Å². The summed E-state index contributed by atoms with van der Waals surface area (Å²) in [6.45, 7) is 7.08. The molecule has 4 aliphatic rings. The predicted molar refractivity (Wildman–Crippen MR) is 176 cm³/mol. The number of ketones is 1. The number of hydrogen-bond donors (Lipinski definition) is 3. The molecule has 262 valence electrons. The average Bonchev–Trinajstić information content (AvgIpc) is 3.39. The molecule has 48 heavy (non-hydrogen) atoms. The van der Waals surface area contributed by atoms with Crippen LogP contribution in [0.25, 0.3) is 0 Å². The number of amides is 5. The van der Waals surface area contributed by atoms with Gasteiger partial charge in [0.2, 0.25) is 17.6 Å². The Balaban J connectivity index is 1.41. The van der Waals surface area contributed by atoms with Crippen molar-refractivity contribution in [3.63, 3.8) is 0 Å². The van der Waals surface area contributed by atoms with Gasteiger partial charge in [-0.2, -0.15) is 0 Å². The third-order valence-corrected chi connectivity index (χ3v) is 9.61. The number of carbonyl (C=O) groups is 6. The van der Waals surface area contributed by atoms with E-state index in [1.165, 1.54) is 9.80 Å². The van der Waals surface area contributed by atoms with Gasteiger partial charge in [-0.25, -0.2) is 9.59 Å². The molecular formula is C34H46ClN5O8. The molecule has 0 aromatic heterocycles. The number of rotatable bonds is 11. The van der Waals surface area contributed by atoms with Crippen molar-refractivity contribution < 1.29 is 38.2 Å². The summed E-state index contributed by atoms with van der Waals surface area (Å²) in [6.07, 6.45) is 4.07. The Hall–Kier alpha value is -3.87. The Kier molecular flexibility index (Phi) is 10.6. The van der Waals surface area contributed by atoms with Gasteiger partial charge in [-0.1, -0.05) is 51.8 Å². The molecule has 4 atom stereocenters. The highest BCUT2D eigenvalue weighted by atomic mass is 35.5. The van der Waals surface area contributed by atoms with Gasteiger partial charge < -0.3 is 30.3 Å². The van der Waals surface area contributed by atoms with Crippen molar-refractivity contribution in [2.24, 2.45) is 5.41 Å². The molecule has 2 heterocycles. The molecule has 3 N–H and O–H groups in total. The number of carbonyl (C=O) groups excluding carboxylic acids is 6. The molecule has 2 aliphatic heterocycles. The Morgan fingerprint density at radius 2 is 1.77 bits per heavy atom. The topological polar surface area (TPSA) is 163 Å².